The van der Waals surface area contributed by atoms with Crippen LogP contribution < -0.4 is 0 Å². The zero-order chi connectivity index (χ0) is 14.9. The molecule has 0 amide bonds. The molecule has 1 aliphatic rings. The maximum atomic E-state index is 12.3. The molecule has 1 fully saturated rings. The number of esters is 1. The van der Waals surface area contributed by atoms with E-state index in [9.17, 15) is 4.79 Å². The Balaban J connectivity index is 1.98. The van der Waals surface area contributed by atoms with Gasteiger partial charge in [0.2, 0.25) is 0 Å². The lowest BCUT2D eigenvalue weighted by Crippen LogP contribution is -2.24. The summed E-state index contributed by atoms with van der Waals surface area (Å²) in [6.07, 6.45) is 0.746. The van der Waals surface area contributed by atoms with E-state index in [1.54, 1.807) is 12.1 Å². The Kier molecular flexibility index (Phi) is 3.23. The van der Waals surface area contributed by atoms with Crippen molar-refractivity contribution in [1.82, 2.24) is 0 Å². The summed E-state index contributed by atoms with van der Waals surface area (Å²) < 4.78 is 5.04. The van der Waals surface area contributed by atoms with Gasteiger partial charge < -0.3 is 4.74 Å². The minimum absolute atomic E-state index is 0.111. The number of carbonyl (C=O) groups is 1. The second-order valence-corrected chi connectivity index (χ2v) is 5.32. The van der Waals surface area contributed by atoms with E-state index in [2.05, 4.69) is 6.07 Å². The number of nitrogens with zero attached hydrogens (tertiary/aromatic N) is 1. The average Bonchev–Trinajstić information content (AvgIpc) is 3.32. The van der Waals surface area contributed by atoms with Crippen LogP contribution in [0.5, 0.6) is 0 Å². The summed E-state index contributed by atoms with van der Waals surface area (Å²) in [4.78, 5) is 12.3. The van der Waals surface area contributed by atoms with E-state index in [-0.39, 0.29) is 11.9 Å². The maximum absolute atomic E-state index is 12.3. The van der Waals surface area contributed by atoms with Gasteiger partial charge in [-0.3, -0.25) is 4.79 Å². The molecule has 0 unspecified atom stereocenters. The van der Waals surface area contributed by atoms with E-state index in [1.165, 1.54) is 7.11 Å². The van der Waals surface area contributed by atoms with Crippen LogP contribution in [0, 0.1) is 11.3 Å². The molecule has 0 bridgehead atoms. The first-order valence-corrected chi connectivity index (χ1v) is 6.86. The number of nitriles is 1. The van der Waals surface area contributed by atoms with Crippen molar-refractivity contribution in [2.24, 2.45) is 0 Å². The van der Waals surface area contributed by atoms with Crippen LogP contribution in [-0.4, -0.2) is 13.1 Å². The van der Waals surface area contributed by atoms with Crippen LogP contribution in [0.2, 0.25) is 0 Å². The predicted molar refractivity (Wildman–Crippen MR) is 78.7 cm³/mol. The van der Waals surface area contributed by atoms with Gasteiger partial charge in [-0.25, -0.2) is 0 Å². The monoisotopic (exact) mass is 277 g/mol. The first-order chi connectivity index (χ1) is 10.2. The predicted octanol–water partition coefficient (Wildman–Crippen LogP) is 3.16. The van der Waals surface area contributed by atoms with Gasteiger partial charge in [-0.2, -0.15) is 5.26 Å². The molecule has 0 spiro atoms. The molecule has 3 rings (SSSR count). The molecule has 1 aliphatic carbocycles. The molecule has 104 valence electrons. The Morgan fingerprint density at radius 3 is 2.43 bits per heavy atom. The molecule has 0 radical (unpaired) electrons. The van der Waals surface area contributed by atoms with Crippen molar-refractivity contribution in [2.45, 2.75) is 17.8 Å². The van der Waals surface area contributed by atoms with Crippen LogP contribution in [0.4, 0.5) is 0 Å². The van der Waals surface area contributed by atoms with Gasteiger partial charge in [-0.15, -0.1) is 0 Å². The highest BCUT2D eigenvalue weighted by atomic mass is 16.5. The zero-order valence-corrected chi connectivity index (χ0v) is 11.7. The Labute approximate surface area is 123 Å². The molecule has 21 heavy (non-hydrogen) atoms. The smallest absolute Gasteiger partial charge is 0.316 e. The SMILES string of the molecule is COC(=O)[C@]1(c2ccccc2)C[C@H]1c1ccc(C#N)cc1. The van der Waals surface area contributed by atoms with Gasteiger partial charge in [0, 0.05) is 5.92 Å². The summed E-state index contributed by atoms with van der Waals surface area (Å²) >= 11 is 0. The quantitative estimate of drug-likeness (QED) is 0.810. The topological polar surface area (TPSA) is 50.1 Å². The summed E-state index contributed by atoms with van der Waals surface area (Å²) in [6, 6.07) is 19.3. The minimum atomic E-state index is -0.579. The van der Waals surface area contributed by atoms with E-state index in [1.807, 2.05) is 42.5 Å². The number of hydrogen-bond donors (Lipinski definition) is 0. The molecule has 0 heterocycles. The second-order valence-electron chi connectivity index (χ2n) is 5.32. The largest absolute Gasteiger partial charge is 0.468 e. The van der Waals surface area contributed by atoms with Crippen LogP contribution in [-0.2, 0) is 14.9 Å². The van der Waals surface area contributed by atoms with Crippen molar-refractivity contribution in [1.29, 1.82) is 5.26 Å². The standard InChI is InChI=1S/C18H15NO2/c1-21-17(20)18(15-5-3-2-4-6-15)11-16(18)14-9-7-13(12-19)8-10-14/h2-10,16H,11H2,1H3/t16-,18-/m0/s1. The van der Waals surface area contributed by atoms with E-state index in [4.69, 9.17) is 10.00 Å². The normalized spacial score (nSPS) is 23.1. The highest BCUT2D eigenvalue weighted by molar-refractivity contribution is 5.89. The van der Waals surface area contributed by atoms with Gasteiger partial charge >= 0.3 is 5.97 Å². The van der Waals surface area contributed by atoms with Crippen molar-refractivity contribution >= 4 is 5.97 Å². The van der Waals surface area contributed by atoms with Crippen LogP contribution in [0.1, 0.15) is 29.0 Å². The summed E-state index contributed by atoms with van der Waals surface area (Å²) in [7, 11) is 1.43. The van der Waals surface area contributed by atoms with E-state index >= 15 is 0 Å². The van der Waals surface area contributed by atoms with Crippen molar-refractivity contribution in [3.8, 4) is 6.07 Å². The highest BCUT2D eigenvalue weighted by Crippen LogP contribution is 2.61. The zero-order valence-electron chi connectivity index (χ0n) is 11.7. The molecular weight excluding hydrogens is 262 g/mol. The second kappa shape index (κ2) is 5.06. The Morgan fingerprint density at radius 1 is 1.19 bits per heavy atom. The van der Waals surface area contributed by atoms with Gasteiger partial charge in [0.15, 0.2) is 0 Å². The lowest BCUT2D eigenvalue weighted by atomic mass is 9.90. The minimum Gasteiger partial charge on any atom is -0.468 e. The molecule has 3 nitrogen and oxygen atoms in total. The molecule has 0 aromatic heterocycles. The van der Waals surface area contributed by atoms with Gasteiger partial charge in [0.05, 0.1) is 18.7 Å². The van der Waals surface area contributed by atoms with Gasteiger partial charge in [-0.05, 0) is 29.7 Å². The molecule has 2 aromatic carbocycles. The average molecular weight is 277 g/mol. The van der Waals surface area contributed by atoms with E-state index < -0.39 is 5.41 Å². The first-order valence-electron chi connectivity index (χ1n) is 6.86. The van der Waals surface area contributed by atoms with Gasteiger partial charge in [-0.1, -0.05) is 42.5 Å². The lowest BCUT2D eigenvalue weighted by molar-refractivity contribution is -0.143. The number of benzene rings is 2. The van der Waals surface area contributed by atoms with Crippen molar-refractivity contribution < 1.29 is 9.53 Å². The fourth-order valence-electron chi connectivity index (χ4n) is 3.04. The molecule has 3 heteroatoms. The number of hydrogen-bond acceptors (Lipinski definition) is 3. The van der Waals surface area contributed by atoms with Crippen LogP contribution in [0.25, 0.3) is 0 Å². The Morgan fingerprint density at radius 2 is 1.86 bits per heavy atom. The number of carbonyl (C=O) groups excluding carboxylic acids is 1. The molecule has 2 aromatic rings. The molecule has 1 saturated carbocycles. The molecule has 0 N–H and O–H groups in total. The van der Waals surface area contributed by atoms with E-state index in [0.717, 1.165) is 17.5 Å². The molecule has 0 saturated heterocycles. The number of rotatable bonds is 3. The fourth-order valence-corrected chi connectivity index (χ4v) is 3.04. The van der Waals surface area contributed by atoms with Crippen molar-refractivity contribution in [3.05, 3.63) is 71.3 Å². The third-order valence-electron chi connectivity index (χ3n) is 4.24. The van der Waals surface area contributed by atoms with Crippen molar-refractivity contribution in [2.75, 3.05) is 7.11 Å². The summed E-state index contributed by atoms with van der Waals surface area (Å²) in [5.74, 6) is -0.0804. The Bertz CT molecular complexity index is 700. The van der Waals surface area contributed by atoms with Crippen LogP contribution in [0.3, 0.4) is 0 Å². The van der Waals surface area contributed by atoms with Crippen LogP contribution in [0.15, 0.2) is 54.6 Å². The molecular formula is C18H15NO2. The molecule has 2 atom stereocenters. The number of ether oxygens (including phenoxy) is 1. The summed E-state index contributed by atoms with van der Waals surface area (Å²) in [5, 5.41) is 8.87. The first kappa shape index (κ1) is 13.4. The van der Waals surface area contributed by atoms with Crippen molar-refractivity contribution in [3.63, 3.8) is 0 Å². The fraction of sp³-hybridized carbons (Fsp3) is 0.222. The highest BCUT2D eigenvalue weighted by Gasteiger charge is 2.62. The summed E-state index contributed by atoms with van der Waals surface area (Å²) in [6.45, 7) is 0. The van der Waals surface area contributed by atoms with Gasteiger partial charge in [0.1, 0.15) is 5.41 Å². The summed E-state index contributed by atoms with van der Waals surface area (Å²) in [5.41, 5.74) is 2.11. The third-order valence-corrected chi connectivity index (χ3v) is 4.24. The maximum Gasteiger partial charge on any atom is 0.316 e. The third kappa shape index (κ3) is 2.09. The van der Waals surface area contributed by atoms with Crippen LogP contribution >= 0.6 is 0 Å². The molecule has 0 aliphatic heterocycles. The van der Waals surface area contributed by atoms with Gasteiger partial charge in [0.25, 0.3) is 0 Å². The number of methoxy groups -OCH3 is 1. The Hall–Kier alpha value is -2.60. The van der Waals surface area contributed by atoms with E-state index in [0.29, 0.717) is 5.56 Å². The lowest BCUT2D eigenvalue weighted by Gasteiger charge is -2.15.